The Morgan fingerprint density at radius 1 is 1.12 bits per heavy atom. The molecule has 0 aromatic carbocycles. The van der Waals surface area contributed by atoms with Gasteiger partial charge in [0.2, 0.25) is 0 Å². The van der Waals surface area contributed by atoms with E-state index in [2.05, 4.69) is 12.2 Å². The van der Waals surface area contributed by atoms with Crippen molar-refractivity contribution in [2.24, 2.45) is 11.8 Å². The van der Waals surface area contributed by atoms with Crippen LogP contribution in [0.15, 0.2) is 0 Å². The summed E-state index contributed by atoms with van der Waals surface area (Å²) in [5, 5.41) is 3.56. The molecule has 2 unspecified atom stereocenters. The zero-order valence-corrected chi connectivity index (χ0v) is 11.4. The summed E-state index contributed by atoms with van der Waals surface area (Å²) in [4.78, 5) is 0. The minimum Gasteiger partial charge on any atom is -0.378 e. The minimum atomic E-state index is 0.558. The van der Waals surface area contributed by atoms with Crippen molar-refractivity contribution in [3.05, 3.63) is 0 Å². The van der Waals surface area contributed by atoms with Gasteiger partial charge < -0.3 is 10.1 Å². The summed E-state index contributed by atoms with van der Waals surface area (Å²) in [6.07, 6.45) is 11.7. The molecule has 1 heterocycles. The van der Waals surface area contributed by atoms with Crippen LogP contribution in [0.25, 0.3) is 0 Å². The van der Waals surface area contributed by atoms with Crippen molar-refractivity contribution in [3.8, 4) is 0 Å². The van der Waals surface area contributed by atoms with Crippen LogP contribution in [-0.4, -0.2) is 25.8 Å². The summed E-state index contributed by atoms with van der Waals surface area (Å²) in [7, 11) is 0. The normalized spacial score (nSPS) is 30.9. The van der Waals surface area contributed by atoms with E-state index in [1.807, 2.05) is 0 Å². The highest BCUT2D eigenvalue weighted by Crippen LogP contribution is 2.32. The van der Waals surface area contributed by atoms with Gasteiger partial charge in [0.25, 0.3) is 0 Å². The summed E-state index contributed by atoms with van der Waals surface area (Å²) < 4.78 is 5.96. The maximum Gasteiger partial charge on any atom is 0.0618 e. The third kappa shape index (κ3) is 4.26. The second-order valence-electron chi connectivity index (χ2n) is 5.90. The number of hydrogen-bond acceptors (Lipinski definition) is 2. The fraction of sp³-hybridized carbons (Fsp3) is 1.00. The van der Waals surface area contributed by atoms with E-state index in [0.29, 0.717) is 6.10 Å². The largest absolute Gasteiger partial charge is 0.378 e. The van der Waals surface area contributed by atoms with Crippen LogP contribution in [0, 0.1) is 11.8 Å². The molecule has 2 heteroatoms. The Kier molecular flexibility index (Phi) is 5.79. The number of rotatable bonds is 6. The van der Waals surface area contributed by atoms with E-state index in [4.69, 9.17) is 4.74 Å². The van der Waals surface area contributed by atoms with Crippen molar-refractivity contribution in [1.29, 1.82) is 0 Å². The van der Waals surface area contributed by atoms with Gasteiger partial charge in [-0.05, 0) is 37.6 Å². The first-order valence-corrected chi connectivity index (χ1v) is 7.72. The van der Waals surface area contributed by atoms with Gasteiger partial charge in [-0.3, -0.25) is 0 Å². The molecule has 0 radical (unpaired) electrons. The van der Waals surface area contributed by atoms with Gasteiger partial charge >= 0.3 is 0 Å². The van der Waals surface area contributed by atoms with E-state index < -0.39 is 0 Å². The molecular weight excluding hydrogens is 210 g/mol. The molecule has 17 heavy (non-hydrogen) atoms. The van der Waals surface area contributed by atoms with Gasteiger partial charge in [0, 0.05) is 13.2 Å². The molecule has 0 aromatic rings. The standard InChI is InChI=1S/C15H29NO/c1-2-9-16-12-14-8-10-17-15(14)11-13-6-4-3-5-7-13/h13-16H,2-12H2,1H3. The first kappa shape index (κ1) is 13.4. The first-order chi connectivity index (χ1) is 8.40. The summed E-state index contributed by atoms with van der Waals surface area (Å²) >= 11 is 0. The Hall–Kier alpha value is -0.0800. The van der Waals surface area contributed by atoms with Crippen molar-refractivity contribution < 1.29 is 4.74 Å². The topological polar surface area (TPSA) is 21.3 Å². The van der Waals surface area contributed by atoms with Gasteiger partial charge in [-0.25, -0.2) is 0 Å². The van der Waals surface area contributed by atoms with Crippen LogP contribution in [0.1, 0.15) is 58.3 Å². The van der Waals surface area contributed by atoms with Crippen molar-refractivity contribution in [3.63, 3.8) is 0 Å². The van der Waals surface area contributed by atoms with Crippen LogP contribution in [0.3, 0.4) is 0 Å². The summed E-state index contributed by atoms with van der Waals surface area (Å²) in [5.41, 5.74) is 0. The second kappa shape index (κ2) is 7.38. The highest BCUT2D eigenvalue weighted by atomic mass is 16.5. The number of nitrogens with one attached hydrogen (secondary N) is 1. The number of hydrogen-bond donors (Lipinski definition) is 1. The van der Waals surface area contributed by atoms with Crippen LogP contribution in [0.5, 0.6) is 0 Å². The third-order valence-corrected chi connectivity index (χ3v) is 4.47. The molecule has 1 N–H and O–H groups in total. The van der Waals surface area contributed by atoms with Gasteiger partial charge in [-0.2, -0.15) is 0 Å². The van der Waals surface area contributed by atoms with Gasteiger partial charge in [-0.1, -0.05) is 39.0 Å². The summed E-state index contributed by atoms with van der Waals surface area (Å²) in [6.45, 7) is 5.56. The van der Waals surface area contributed by atoms with Crippen LogP contribution in [-0.2, 0) is 4.74 Å². The SMILES string of the molecule is CCCNCC1CCOC1CC1CCCCC1. The minimum absolute atomic E-state index is 0.558. The molecule has 1 saturated carbocycles. The lowest BCUT2D eigenvalue weighted by molar-refractivity contribution is 0.0630. The molecule has 2 fully saturated rings. The van der Waals surface area contributed by atoms with Crippen molar-refractivity contribution in [2.45, 2.75) is 64.4 Å². The smallest absolute Gasteiger partial charge is 0.0618 e. The monoisotopic (exact) mass is 239 g/mol. The zero-order valence-electron chi connectivity index (χ0n) is 11.4. The molecule has 2 atom stereocenters. The highest BCUT2D eigenvalue weighted by molar-refractivity contribution is 4.81. The fourth-order valence-corrected chi connectivity index (χ4v) is 3.40. The van der Waals surface area contributed by atoms with E-state index in [1.54, 1.807) is 0 Å². The predicted octanol–water partition coefficient (Wildman–Crippen LogP) is 3.36. The molecule has 0 bridgehead atoms. The average molecular weight is 239 g/mol. The molecule has 1 aliphatic heterocycles. The summed E-state index contributed by atoms with van der Waals surface area (Å²) in [6, 6.07) is 0. The maximum absolute atomic E-state index is 5.96. The Balaban J connectivity index is 1.70. The lowest BCUT2D eigenvalue weighted by atomic mass is 9.83. The van der Waals surface area contributed by atoms with Crippen molar-refractivity contribution in [2.75, 3.05) is 19.7 Å². The first-order valence-electron chi connectivity index (χ1n) is 7.72. The lowest BCUT2D eigenvalue weighted by Crippen LogP contribution is -2.30. The Bertz CT molecular complexity index is 201. The van der Waals surface area contributed by atoms with Crippen LogP contribution < -0.4 is 5.32 Å². The molecule has 0 spiro atoms. The zero-order chi connectivity index (χ0) is 11.9. The molecule has 1 aliphatic carbocycles. The van der Waals surface area contributed by atoms with Crippen LogP contribution >= 0.6 is 0 Å². The van der Waals surface area contributed by atoms with E-state index >= 15 is 0 Å². The van der Waals surface area contributed by atoms with Gasteiger partial charge in [0.15, 0.2) is 0 Å². The fourth-order valence-electron chi connectivity index (χ4n) is 3.40. The van der Waals surface area contributed by atoms with Crippen molar-refractivity contribution in [1.82, 2.24) is 5.32 Å². The molecule has 2 aliphatic rings. The molecule has 0 amide bonds. The van der Waals surface area contributed by atoms with Crippen molar-refractivity contribution >= 4 is 0 Å². The average Bonchev–Trinajstić information content (AvgIpc) is 2.79. The number of ether oxygens (including phenoxy) is 1. The van der Waals surface area contributed by atoms with Gasteiger partial charge in [0.05, 0.1) is 6.10 Å². The predicted molar refractivity (Wildman–Crippen MR) is 72.2 cm³/mol. The van der Waals surface area contributed by atoms with Crippen LogP contribution in [0.2, 0.25) is 0 Å². The summed E-state index contributed by atoms with van der Waals surface area (Å²) in [5.74, 6) is 1.74. The lowest BCUT2D eigenvalue weighted by Gasteiger charge is -2.27. The van der Waals surface area contributed by atoms with E-state index in [1.165, 1.54) is 57.9 Å². The van der Waals surface area contributed by atoms with E-state index in [-0.39, 0.29) is 0 Å². The van der Waals surface area contributed by atoms with E-state index in [9.17, 15) is 0 Å². The molecular formula is C15H29NO. The second-order valence-corrected chi connectivity index (χ2v) is 5.90. The van der Waals surface area contributed by atoms with Crippen LogP contribution in [0.4, 0.5) is 0 Å². The molecule has 0 aromatic heterocycles. The maximum atomic E-state index is 5.96. The molecule has 2 nitrogen and oxygen atoms in total. The Labute approximate surface area is 107 Å². The third-order valence-electron chi connectivity index (χ3n) is 4.47. The van der Waals surface area contributed by atoms with E-state index in [0.717, 1.165) is 25.0 Å². The highest BCUT2D eigenvalue weighted by Gasteiger charge is 2.30. The quantitative estimate of drug-likeness (QED) is 0.718. The molecule has 1 saturated heterocycles. The van der Waals surface area contributed by atoms with Gasteiger partial charge in [0.1, 0.15) is 0 Å². The Morgan fingerprint density at radius 3 is 2.71 bits per heavy atom. The van der Waals surface area contributed by atoms with Gasteiger partial charge in [-0.15, -0.1) is 0 Å². The molecule has 100 valence electrons. The molecule has 2 rings (SSSR count). The Morgan fingerprint density at radius 2 is 1.94 bits per heavy atom.